The van der Waals surface area contributed by atoms with Crippen molar-refractivity contribution in [3.05, 3.63) is 59.2 Å². The average Bonchev–Trinajstić information content (AvgIpc) is 3.31. The van der Waals surface area contributed by atoms with Crippen LogP contribution in [0.2, 0.25) is 0 Å². The summed E-state index contributed by atoms with van der Waals surface area (Å²) in [5.74, 6) is -0.312. The Kier molecular flexibility index (Phi) is 9.55. The van der Waals surface area contributed by atoms with E-state index in [0.717, 1.165) is 21.6 Å². The zero-order valence-corrected chi connectivity index (χ0v) is 21.4. The normalized spacial score (nSPS) is 15.2. The van der Waals surface area contributed by atoms with E-state index >= 15 is 0 Å². The van der Waals surface area contributed by atoms with Gasteiger partial charge in [0.15, 0.2) is 11.4 Å². The fourth-order valence-corrected chi connectivity index (χ4v) is 3.93. The Balaban J connectivity index is 0.000000248. The zero-order valence-electron chi connectivity index (χ0n) is 20.6. The Labute approximate surface area is 205 Å². The molecule has 34 heavy (non-hydrogen) atoms. The van der Waals surface area contributed by atoms with Crippen LogP contribution >= 0.6 is 11.8 Å². The number of carboxylic acids is 1. The molecular formula is C26H33NO6S. The molecule has 2 aromatic carbocycles. The quantitative estimate of drug-likeness (QED) is 0.441. The summed E-state index contributed by atoms with van der Waals surface area (Å²) in [6.45, 7) is 7.94. The molecule has 1 aliphatic rings. The van der Waals surface area contributed by atoms with E-state index in [0.29, 0.717) is 25.3 Å². The number of likely N-dealkylation sites (tertiary alicyclic amines) is 1. The van der Waals surface area contributed by atoms with E-state index < -0.39 is 11.6 Å². The topological polar surface area (TPSA) is 93.1 Å². The van der Waals surface area contributed by atoms with E-state index in [1.54, 1.807) is 30.5 Å². The second-order valence-electron chi connectivity index (χ2n) is 8.63. The first-order valence-corrected chi connectivity index (χ1v) is 12.2. The molecule has 3 rings (SSSR count). The SMILES string of the molecule is COC(=O)N1CCC(C(=O)c2ccc(SC)cc2)C1.Cc1cccc(C)c1OC(C)(C)C(=O)O. The number of ether oxygens (including phenoxy) is 2. The third kappa shape index (κ3) is 7.00. The van der Waals surface area contributed by atoms with Crippen molar-refractivity contribution in [2.75, 3.05) is 26.5 Å². The first kappa shape index (κ1) is 27.2. The van der Waals surface area contributed by atoms with Crippen LogP contribution in [0.5, 0.6) is 5.75 Å². The fourth-order valence-electron chi connectivity index (χ4n) is 3.52. The van der Waals surface area contributed by atoms with Crippen molar-refractivity contribution in [2.24, 2.45) is 5.92 Å². The van der Waals surface area contributed by atoms with Gasteiger partial charge >= 0.3 is 12.1 Å². The molecule has 0 aliphatic carbocycles. The van der Waals surface area contributed by atoms with Gasteiger partial charge in [0.05, 0.1) is 7.11 Å². The third-order valence-corrected chi connectivity index (χ3v) is 6.39. The van der Waals surface area contributed by atoms with Gasteiger partial charge in [0.1, 0.15) is 5.75 Å². The van der Waals surface area contributed by atoms with Gasteiger partial charge in [-0.25, -0.2) is 9.59 Å². The minimum Gasteiger partial charge on any atom is -0.478 e. The Hall–Kier alpha value is -3.00. The Bertz CT molecular complexity index is 998. The van der Waals surface area contributed by atoms with Gasteiger partial charge in [0, 0.05) is 29.5 Å². The summed E-state index contributed by atoms with van der Waals surface area (Å²) in [6, 6.07) is 13.3. The van der Waals surface area contributed by atoms with Gasteiger partial charge in [0.25, 0.3) is 0 Å². The minimum atomic E-state index is -1.20. The molecule has 0 saturated carbocycles. The van der Waals surface area contributed by atoms with E-state index in [2.05, 4.69) is 4.74 Å². The van der Waals surface area contributed by atoms with E-state index in [-0.39, 0.29) is 17.8 Å². The minimum absolute atomic E-state index is 0.110. The second-order valence-corrected chi connectivity index (χ2v) is 9.51. The first-order valence-electron chi connectivity index (χ1n) is 11.0. The van der Waals surface area contributed by atoms with Gasteiger partial charge in [0.2, 0.25) is 0 Å². The van der Waals surface area contributed by atoms with Crippen molar-refractivity contribution in [1.29, 1.82) is 0 Å². The van der Waals surface area contributed by atoms with E-state index in [9.17, 15) is 14.4 Å². The molecule has 1 N–H and O–H groups in total. The number of benzene rings is 2. The Morgan fingerprint density at radius 1 is 1.06 bits per heavy atom. The molecule has 1 heterocycles. The third-order valence-electron chi connectivity index (χ3n) is 5.65. The van der Waals surface area contributed by atoms with Crippen LogP contribution in [0.4, 0.5) is 4.79 Å². The fraction of sp³-hybridized carbons (Fsp3) is 0.423. The van der Waals surface area contributed by atoms with Gasteiger partial charge in [-0.1, -0.05) is 30.3 Å². The molecule has 8 heteroatoms. The molecule has 7 nitrogen and oxygen atoms in total. The summed E-state index contributed by atoms with van der Waals surface area (Å²) in [5.41, 5.74) is 1.42. The van der Waals surface area contributed by atoms with Crippen LogP contribution in [-0.2, 0) is 9.53 Å². The Morgan fingerprint density at radius 3 is 2.15 bits per heavy atom. The number of thioether (sulfide) groups is 1. The molecule has 0 bridgehead atoms. The molecule has 1 aliphatic heterocycles. The van der Waals surface area contributed by atoms with Crippen molar-refractivity contribution in [1.82, 2.24) is 4.90 Å². The number of carbonyl (C=O) groups excluding carboxylic acids is 2. The number of aryl methyl sites for hydroxylation is 2. The van der Waals surface area contributed by atoms with Crippen LogP contribution < -0.4 is 4.74 Å². The van der Waals surface area contributed by atoms with Gasteiger partial charge in [-0.05, 0) is 63.6 Å². The van der Waals surface area contributed by atoms with Gasteiger partial charge in [-0.3, -0.25) is 4.79 Å². The highest BCUT2D eigenvalue weighted by atomic mass is 32.2. The van der Waals surface area contributed by atoms with Crippen molar-refractivity contribution >= 4 is 29.6 Å². The van der Waals surface area contributed by atoms with Crippen LogP contribution in [0.15, 0.2) is 47.4 Å². The molecule has 0 aromatic heterocycles. The number of Topliss-reactive ketones (excluding diaryl/α,β-unsaturated/α-hetero) is 1. The molecule has 0 radical (unpaired) electrons. The van der Waals surface area contributed by atoms with Gasteiger partial charge in [-0.15, -0.1) is 11.8 Å². The lowest BCUT2D eigenvalue weighted by Gasteiger charge is -2.23. The molecule has 1 amide bonds. The number of aliphatic carboxylic acids is 1. The number of ketones is 1. The number of para-hydroxylation sites is 1. The van der Waals surface area contributed by atoms with E-state index in [1.165, 1.54) is 7.11 Å². The number of hydrogen-bond donors (Lipinski definition) is 1. The summed E-state index contributed by atoms with van der Waals surface area (Å²) in [4.78, 5) is 37.4. The lowest BCUT2D eigenvalue weighted by molar-refractivity contribution is -0.152. The smallest absolute Gasteiger partial charge is 0.409 e. The summed E-state index contributed by atoms with van der Waals surface area (Å²) in [6.07, 6.45) is 2.35. The first-order chi connectivity index (χ1) is 16.0. The number of rotatable bonds is 6. The molecule has 2 aromatic rings. The Morgan fingerprint density at radius 2 is 1.65 bits per heavy atom. The van der Waals surface area contributed by atoms with Crippen molar-refractivity contribution in [3.63, 3.8) is 0 Å². The van der Waals surface area contributed by atoms with Crippen molar-refractivity contribution in [3.8, 4) is 5.75 Å². The highest BCUT2D eigenvalue weighted by Gasteiger charge is 2.32. The van der Waals surface area contributed by atoms with Crippen molar-refractivity contribution in [2.45, 2.75) is 44.6 Å². The molecule has 184 valence electrons. The number of carbonyl (C=O) groups is 3. The maximum atomic E-state index is 12.3. The predicted octanol–water partition coefficient (Wildman–Crippen LogP) is 5.22. The largest absolute Gasteiger partial charge is 0.478 e. The maximum Gasteiger partial charge on any atom is 0.409 e. The van der Waals surface area contributed by atoms with Crippen LogP contribution in [0, 0.1) is 19.8 Å². The number of amides is 1. The standard InChI is InChI=1S/C14H17NO3S.C12H16O3/c1-18-14(17)15-8-7-11(9-15)13(16)10-3-5-12(19-2)6-4-10;1-8-6-5-7-9(2)10(8)15-12(3,4)11(13)14/h3-6,11H,7-9H2,1-2H3;5-7H,1-4H3,(H,13,14). The van der Waals surface area contributed by atoms with E-state index in [1.807, 2.05) is 62.6 Å². The summed E-state index contributed by atoms with van der Waals surface area (Å²) < 4.78 is 10.2. The van der Waals surface area contributed by atoms with Gasteiger partial charge in [-0.2, -0.15) is 0 Å². The molecule has 1 unspecified atom stereocenters. The molecular weight excluding hydrogens is 454 g/mol. The monoisotopic (exact) mass is 487 g/mol. The summed E-state index contributed by atoms with van der Waals surface area (Å²) >= 11 is 1.65. The summed E-state index contributed by atoms with van der Waals surface area (Å²) in [7, 11) is 1.36. The summed E-state index contributed by atoms with van der Waals surface area (Å²) in [5, 5.41) is 8.96. The van der Waals surface area contributed by atoms with Crippen LogP contribution in [0.3, 0.4) is 0 Å². The lowest BCUT2D eigenvalue weighted by atomic mass is 9.97. The van der Waals surface area contributed by atoms with Crippen LogP contribution in [-0.4, -0.2) is 59.9 Å². The highest BCUT2D eigenvalue weighted by Crippen LogP contribution is 2.27. The average molecular weight is 488 g/mol. The number of hydrogen-bond acceptors (Lipinski definition) is 6. The molecule has 1 atom stereocenters. The lowest BCUT2D eigenvalue weighted by Crippen LogP contribution is -2.38. The second kappa shape index (κ2) is 11.9. The maximum absolute atomic E-state index is 12.3. The molecule has 1 fully saturated rings. The predicted molar refractivity (Wildman–Crippen MR) is 133 cm³/mol. The van der Waals surface area contributed by atoms with Crippen LogP contribution in [0.1, 0.15) is 41.8 Å². The van der Waals surface area contributed by atoms with Crippen molar-refractivity contribution < 1.29 is 29.0 Å². The number of nitrogens with zero attached hydrogens (tertiary/aromatic N) is 1. The number of methoxy groups -OCH3 is 1. The zero-order chi connectivity index (χ0) is 25.5. The van der Waals surface area contributed by atoms with Crippen LogP contribution in [0.25, 0.3) is 0 Å². The van der Waals surface area contributed by atoms with E-state index in [4.69, 9.17) is 9.84 Å². The number of carboxylic acid groups (broad SMARTS) is 1. The van der Waals surface area contributed by atoms with Gasteiger partial charge < -0.3 is 19.5 Å². The molecule has 1 saturated heterocycles. The molecule has 0 spiro atoms. The highest BCUT2D eigenvalue weighted by molar-refractivity contribution is 7.98.